The lowest BCUT2D eigenvalue weighted by atomic mass is 10.1. The van der Waals surface area contributed by atoms with Crippen molar-refractivity contribution < 1.29 is 4.79 Å². The Balaban J connectivity index is 1.98. The number of hydrogen-bond acceptors (Lipinski definition) is 3. The Bertz CT molecular complexity index is 792. The SMILES string of the molecule is Cc1cccc(N(Cc2ccc(Cl)cc2Cl)C2=NC(=O)CS2)c1. The molecular formula is C17H14Cl2N2OS. The molecule has 0 atom stereocenters. The van der Waals surface area contributed by atoms with E-state index in [0.29, 0.717) is 27.5 Å². The van der Waals surface area contributed by atoms with Gasteiger partial charge in [-0.3, -0.25) is 4.79 Å². The van der Waals surface area contributed by atoms with Gasteiger partial charge < -0.3 is 4.90 Å². The maximum Gasteiger partial charge on any atom is 0.258 e. The molecule has 0 saturated heterocycles. The third kappa shape index (κ3) is 3.89. The number of hydrogen-bond donors (Lipinski definition) is 0. The van der Waals surface area contributed by atoms with Gasteiger partial charge in [-0.2, -0.15) is 4.99 Å². The highest BCUT2D eigenvalue weighted by atomic mass is 35.5. The second-order valence-corrected chi connectivity index (χ2v) is 7.02. The van der Waals surface area contributed by atoms with E-state index in [1.165, 1.54) is 11.8 Å². The predicted molar refractivity (Wildman–Crippen MR) is 98.7 cm³/mol. The number of carbonyl (C=O) groups excluding carboxylic acids is 1. The molecule has 0 bridgehead atoms. The molecule has 23 heavy (non-hydrogen) atoms. The van der Waals surface area contributed by atoms with Crippen LogP contribution in [0.15, 0.2) is 47.5 Å². The predicted octanol–water partition coefficient (Wildman–Crippen LogP) is 4.94. The summed E-state index contributed by atoms with van der Waals surface area (Å²) in [6.45, 7) is 2.56. The van der Waals surface area contributed by atoms with E-state index in [9.17, 15) is 4.79 Å². The third-order valence-electron chi connectivity index (χ3n) is 3.43. The van der Waals surface area contributed by atoms with E-state index >= 15 is 0 Å². The Kier molecular flexibility index (Phi) is 4.95. The maximum absolute atomic E-state index is 11.5. The maximum atomic E-state index is 11.5. The first-order valence-corrected chi connectivity index (χ1v) is 8.79. The quantitative estimate of drug-likeness (QED) is 0.773. The number of anilines is 1. The van der Waals surface area contributed by atoms with Crippen molar-refractivity contribution in [2.45, 2.75) is 13.5 Å². The number of nitrogens with zero attached hydrogens (tertiary/aromatic N) is 2. The van der Waals surface area contributed by atoms with Gasteiger partial charge in [0.2, 0.25) is 0 Å². The van der Waals surface area contributed by atoms with Crippen molar-refractivity contribution in [3.05, 3.63) is 63.6 Å². The van der Waals surface area contributed by atoms with Crippen LogP contribution in [0.4, 0.5) is 5.69 Å². The molecule has 0 N–H and O–H groups in total. The molecule has 3 nitrogen and oxygen atoms in total. The van der Waals surface area contributed by atoms with Gasteiger partial charge in [0.15, 0.2) is 5.17 Å². The Morgan fingerprint density at radius 1 is 1.22 bits per heavy atom. The molecule has 3 rings (SSSR count). The monoisotopic (exact) mass is 364 g/mol. The lowest BCUT2D eigenvalue weighted by Crippen LogP contribution is -2.27. The highest BCUT2D eigenvalue weighted by Gasteiger charge is 2.23. The average Bonchev–Trinajstić information content (AvgIpc) is 2.93. The van der Waals surface area contributed by atoms with Crippen LogP contribution in [0.1, 0.15) is 11.1 Å². The van der Waals surface area contributed by atoms with Crippen molar-refractivity contribution in [1.82, 2.24) is 0 Å². The molecule has 1 aliphatic rings. The molecule has 0 radical (unpaired) electrons. The number of amidine groups is 1. The standard InChI is InChI=1S/C17H14Cl2N2OS/c1-11-3-2-4-14(7-11)21(17-20-16(22)10-23-17)9-12-5-6-13(18)8-15(12)19/h2-8H,9-10H2,1H3. The zero-order chi connectivity index (χ0) is 16.4. The van der Waals surface area contributed by atoms with E-state index in [-0.39, 0.29) is 5.91 Å². The molecule has 0 saturated carbocycles. The van der Waals surface area contributed by atoms with Gasteiger partial charge in [-0.05, 0) is 42.3 Å². The van der Waals surface area contributed by atoms with Gasteiger partial charge in [0.05, 0.1) is 12.3 Å². The second kappa shape index (κ2) is 6.95. The van der Waals surface area contributed by atoms with Crippen LogP contribution >= 0.6 is 35.0 Å². The van der Waals surface area contributed by atoms with E-state index in [2.05, 4.69) is 11.1 Å². The smallest absolute Gasteiger partial charge is 0.258 e. The van der Waals surface area contributed by atoms with Crippen LogP contribution in [-0.2, 0) is 11.3 Å². The fourth-order valence-corrected chi connectivity index (χ4v) is 3.60. The Labute approximate surface area is 149 Å². The van der Waals surface area contributed by atoms with E-state index in [1.54, 1.807) is 6.07 Å². The number of amides is 1. The number of rotatable bonds is 3. The fraction of sp³-hybridized carbons (Fsp3) is 0.176. The molecule has 2 aromatic rings. The Morgan fingerprint density at radius 3 is 2.70 bits per heavy atom. The zero-order valence-corrected chi connectivity index (χ0v) is 14.8. The summed E-state index contributed by atoms with van der Waals surface area (Å²) in [6.07, 6.45) is 0. The van der Waals surface area contributed by atoms with Crippen molar-refractivity contribution in [3.63, 3.8) is 0 Å². The lowest BCUT2D eigenvalue weighted by Gasteiger charge is -2.24. The molecular weight excluding hydrogens is 351 g/mol. The number of carbonyl (C=O) groups is 1. The summed E-state index contributed by atoms with van der Waals surface area (Å²) < 4.78 is 0. The summed E-state index contributed by atoms with van der Waals surface area (Å²) >= 11 is 13.7. The summed E-state index contributed by atoms with van der Waals surface area (Å²) in [4.78, 5) is 17.7. The van der Waals surface area contributed by atoms with Crippen molar-refractivity contribution in [2.75, 3.05) is 10.7 Å². The van der Waals surface area contributed by atoms with Crippen LogP contribution in [0.2, 0.25) is 10.0 Å². The lowest BCUT2D eigenvalue weighted by molar-refractivity contribution is -0.115. The first-order chi connectivity index (χ1) is 11.0. The fourth-order valence-electron chi connectivity index (χ4n) is 2.32. The molecule has 0 aliphatic carbocycles. The summed E-state index contributed by atoms with van der Waals surface area (Å²) in [7, 11) is 0. The molecule has 118 valence electrons. The van der Waals surface area contributed by atoms with Gasteiger partial charge in [-0.25, -0.2) is 0 Å². The first kappa shape index (κ1) is 16.4. The van der Waals surface area contributed by atoms with Crippen molar-refractivity contribution >= 4 is 51.7 Å². The van der Waals surface area contributed by atoms with Crippen LogP contribution in [-0.4, -0.2) is 16.8 Å². The van der Waals surface area contributed by atoms with Crippen molar-refractivity contribution in [3.8, 4) is 0 Å². The highest BCUT2D eigenvalue weighted by Crippen LogP contribution is 2.29. The van der Waals surface area contributed by atoms with Gasteiger partial charge in [0.1, 0.15) is 0 Å². The van der Waals surface area contributed by atoms with Crippen molar-refractivity contribution in [1.29, 1.82) is 0 Å². The second-order valence-electron chi connectivity index (χ2n) is 5.24. The Hall–Kier alpha value is -1.49. The summed E-state index contributed by atoms with van der Waals surface area (Å²) in [5.74, 6) is 0.274. The van der Waals surface area contributed by atoms with Gasteiger partial charge in [-0.15, -0.1) is 0 Å². The third-order valence-corrected chi connectivity index (χ3v) is 4.98. The van der Waals surface area contributed by atoms with E-state index in [1.807, 2.05) is 42.2 Å². The molecule has 6 heteroatoms. The topological polar surface area (TPSA) is 32.7 Å². The van der Waals surface area contributed by atoms with E-state index in [0.717, 1.165) is 16.8 Å². The van der Waals surface area contributed by atoms with Crippen LogP contribution in [0.3, 0.4) is 0 Å². The summed E-state index contributed by atoms with van der Waals surface area (Å²) in [6, 6.07) is 13.5. The first-order valence-electron chi connectivity index (χ1n) is 7.05. The van der Waals surface area contributed by atoms with Gasteiger partial charge in [0.25, 0.3) is 5.91 Å². The molecule has 1 amide bonds. The minimum Gasteiger partial charge on any atom is -0.316 e. The molecule has 0 spiro atoms. The Morgan fingerprint density at radius 2 is 2.04 bits per heavy atom. The van der Waals surface area contributed by atoms with E-state index in [4.69, 9.17) is 23.2 Å². The molecule has 1 aliphatic heterocycles. The average molecular weight is 365 g/mol. The van der Waals surface area contributed by atoms with Crippen molar-refractivity contribution in [2.24, 2.45) is 4.99 Å². The van der Waals surface area contributed by atoms with Gasteiger partial charge in [-0.1, -0.05) is 53.2 Å². The molecule has 0 fully saturated rings. The number of benzene rings is 2. The molecule has 1 heterocycles. The molecule has 0 unspecified atom stereocenters. The minimum atomic E-state index is -0.107. The van der Waals surface area contributed by atoms with Crippen LogP contribution in [0.5, 0.6) is 0 Å². The van der Waals surface area contributed by atoms with Crippen LogP contribution in [0, 0.1) is 6.92 Å². The number of aliphatic imine (C=N–C) groups is 1. The molecule has 2 aromatic carbocycles. The highest BCUT2D eigenvalue weighted by molar-refractivity contribution is 8.15. The van der Waals surface area contributed by atoms with E-state index < -0.39 is 0 Å². The summed E-state index contributed by atoms with van der Waals surface area (Å²) in [5.41, 5.74) is 3.06. The van der Waals surface area contributed by atoms with Crippen LogP contribution < -0.4 is 4.90 Å². The molecule has 0 aromatic heterocycles. The minimum absolute atomic E-state index is 0.107. The number of thioether (sulfide) groups is 1. The number of aryl methyl sites for hydroxylation is 1. The zero-order valence-electron chi connectivity index (χ0n) is 12.4. The summed E-state index contributed by atoms with van der Waals surface area (Å²) in [5, 5.41) is 1.90. The van der Waals surface area contributed by atoms with Gasteiger partial charge >= 0.3 is 0 Å². The largest absolute Gasteiger partial charge is 0.316 e. The van der Waals surface area contributed by atoms with Crippen LogP contribution in [0.25, 0.3) is 0 Å². The normalized spacial score (nSPS) is 14.0. The number of halogens is 2. The van der Waals surface area contributed by atoms with Gasteiger partial charge in [0, 0.05) is 15.7 Å².